The Morgan fingerprint density at radius 1 is 1.20 bits per heavy atom. The van der Waals surface area contributed by atoms with E-state index in [1.54, 1.807) is 14.0 Å². The molecule has 112 valence electrons. The summed E-state index contributed by atoms with van der Waals surface area (Å²) < 4.78 is 29.7. The Morgan fingerprint density at radius 3 is 2.15 bits per heavy atom. The van der Waals surface area contributed by atoms with Crippen LogP contribution in [0.5, 0.6) is 5.75 Å². The first-order valence-corrected chi connectivity index (χ1v) is 8.44. The van der Waals surface area contributed by atoms with Gasteiger partial charge < -0.3 is 16.2 Å². The Labute approximate surface area is 120 Å². The fraction of sp³-hybridized carbons (Fsp3) is 0.571. The largest absolute Gasteiger partial charge is 0.497 e. The molecular formula is C14H22N2O3S. The Balaban J connectivity index is 2.38. The van der Waals surface area contributed by atoms with Gasteiger partial charge in [-0.3, -0.25) is 0 Å². The Bertz CT molecular complexity index is 565. The van der Waals surface area contributed by atoms with Gasteiger partial charge in [-0.2, -0.15) is 0 Å². The first-order chi connectivity index (χ1) is 9.46. The molecule has 0 spiro atoms. The minimum atomic E-state index is -3.16. The summed E-state index contributed by atoms with van der Waals surface area (Å²) in [7, 11) is -1.56. The lowest BCUT2D eigenvalue weighted by molar-refractivity contribution is 0.414. The number of ether oxygens (including phenoxy) is 1. The van der Waals surface area contributed by atoms with Crippen LogP contribution in [-0.4, -0.2) is 39.6 Å². The normalized spacial score (nSPS) is 24.4. The molecule has 2 rings (SSSR count). The van der Waals surface area contributed by atoms with E-state index in [0.717, 1.165) is 11.3 Å². The predicted molar refractivity (Wildman–Crippen MR) is 79.5 cm³/mol. The lowest BCUT2D eigenvalue weighted by Gasteiger charge is -2.12. The van der Waals surface area contributed by atoms with Crippen LogP contribution in [0.2, 0.25) is 0 Å². The van der Waals surface area contributed by atoms with Crippen LogP contribution in [0.4, 0.5) is 0 Å². The number of sulfone groups is 1. The second-order valence-corrected chi connectivity index (χ2v) is 7.68. The first kappa shape index (κ1) is 15.3. The molecule has 0 radical (unpaired) electrons. The monoisotopic (exact) mass is 298 g/mol. The number of methoxy groups -OCH3 is 1. The Hall–Kier alpha value is -1.11. The van der Waals surface area contributed by atoms with Gasteiger partial charge in [0.2, 0.25) is 0 Å². The SMILES string of the molecule is CCS(=O)(=O)[C@H]1[C@H](c2ccc(OC)cc2)C1(CN)CN. The summed E-state index contributed by atoms with van der Waals surface area (Å²) in [4.78, 5) is 0. The fourth-order valence-corrected chi connectivity index (χ4v) is 5.26. The summed E-state index contributed by atoms with van der Waals surface area (Å²) in [5.74, 6) is 0.746. The quantitative estimate of drug-likeness (QED) is 0.797. The predicted octanol–water partition coefficient (Wildman–Crippen LogP) is 0.500. The van der Waals surface area contributed by atoms with Gasteiger partial charge >= 0.3 is 0 Å². The van der Waals surface area contributed by atoms with Gasteiger partial charge in [0.25, 0.3) is 0 Å². The molecule has 2 atom stereocenters. The van der Waals surface area contributed by atoms with Crippen LogP contribution in [0, 0.1) is 5.41 Å². The number of rotatable bonds is 6. The zero-order valence-electron chi connectivity index (χ0n) is 11.9. The topological polar surface area (TPSA) is 95.4 Å². The van der Waals surface area contributed by atoms with Gasteiger partial charge in [-0.15, -0.1) is 0 Å². The van der Waals surface area contributed by atoms with Gasteiger partial charge in [0.1, 0.15) is 5.75 Å². The molecule has 20 heavy (non-hydrogen) atoms. The molecule has 1 saturated carbocycles. The Morgan fingerprint density at radius 2 is 1.75 bits per heavy atom. The third-order valence-corrected chi connectivity index (χ3v) is 6.72. The smallest absolute Gasteiger partial charge is 0.154 e. The number of hydrogen-bond acceptors (Lipinski definition) is 5. The molecule has 1 fully saturated rings. The highest BCUT2D eigenvalue weighted by Gasteiger charge is 2.68. The second kappa shape index (κ2) is 5.35. The van der Waals surface area contributed by atoms with Crippen LogP contribution in [0.1, 0.15) is 18.4 Å². The van der Waals surface area contributed by atoms with Crippen molar-refractivity contribution in [3.8, 4) is 5.75 Å². The van der Waals surface area contributed by atoms with E-state index in [-0.39, 0.29) is 24.8 Å². The average molecular weight is 298 g/mol. The molecule has 0 unspecified atom stereocenters. The van der Waals surface area contributed by atoms with Crippen molar-refractivity contribution >= 4 is 9.84 Å². The maximum absolute atomic E-state index is 12.3. The van der Waals surface area contributed by atoms with Gasteiger partial charge in [-0.25, -0.2) is 8.42 Å². The molecule has 1 aromatic rings. The van der Waals surface area contributed by atoms with E-state index in [1.165, 1.54) is 0 Å². The minimum absolute atomic E-state index is 0.117. The summed E-state index contributed by atoms with van der Waals surface area (Å²) in [6, 6.07) is 7.46. The van der Waals surface area contributed by atoms with Gasteiger partial charge in [-0.1, -0.05) is 19.1 Å². The number of benzene rings is 1. The van der Waals surface area contributed by atoms with E-state index in [0.29, 0.717) is 0 Å². The summed E-state index contributed by atoms with van der Waals surface area (Å²) in [6.45, 7) is 2.23. The molecule has 0 amide bonds. The zero-order valence-corrected chi connectivity index (χ0v) is 12.7. The van der Waals surface area contributed by atoms with E-state index >= 15 is 0 Å². The molecule has 0 aromatic heterocycles. The van der Waals surface area contributed by atoms with Crippen LogP contribution in [0.15, 0.2) is 24.3 Å². The van der Waals surface area contributed by atoms with Crippen LogP contribution < -0.4 is 16.2 Å². The summed E-state index contributed by atoms with van der Waals surface area (Å²) in [6.07, 6.45) is 0. The highest BCUT2D eigenvalue weighted by Crippen LogP contribution is 2.62. The second-order valence-electron chi connectivity index (χ2n) is 5.26. The van der Waals surface area contributed by atoms with Gasteiger partial charge in [0, 0.05) is 30.2 Å². The van der Waals surface area contributed by atoms with Gasteiger partial charge in [0.15, 0.2) is 9.84 Å². The first-order valence-electron chi connectivity index (χ1n) is 6.72. The van der Waals surface area contributed by atoms with Crippen molar-refractivity contribution in [1.29, 1.82) is 0 Å². The van der Waals surface area contributed by atoms with Crippen LogP contribution in [0.25, 0.3) is 0 Å². The summed E-state index contributed by atoms with van der Waals surface area (Å²) >= 11 is 0. The fourth-order valence-electron chi connectivity index (χ4n) is 3.09. The molecule has 0 bridgehead atoms. The van der Waals surface area contributed by atoms with Crippen molar-refractivity contribution in [3.63, 3.8) is 0 Å². The summed E-state index contributed by atoms with van der Waals surface area (Å²) in [5, 5.41) is -0.469. The van der Waals surface area contributed by atoms with Crippen LogP contribution >= 0.6 is 0 Å². The Kier molecular flexibility index (Phi) is 4.09. The van der Waals surface area contributed by atoms with Crippen molar-refractivity contribution in [3.05, 3.63) is 29.8 Å². The molecular weight excluding hydrogens is 276 g/mol. The van der Waals surface area contributed by atoms with Crippen LogP contribution in [-0.2, 0) is 9.84 Å². The van der Waals surface area contributed by atoms with Gasteiger partial charge in [0.05, 0.1) is 12.4 Å². The molecule has 4 N–H and O–H groups in total. The lowest BCUT2D eigenvalue weighted by Crippen LogP contribution is -2.31. The van der Waals surface area contributed by atoms with E-state index < -0.39 is 20.5 Å². The summed E-state index contributed by atoms with van der Waals surface area (Å²) in [5.41, 5.74) is 12.1. The van der Waals surface area contributed by atoms with E-state index in [9.17, 15) is 8.42 Å². The lowest BCUT2D eigenvalue weighted by atomic mass is 9.99. The molecule has 0 saturated heterocycles. The average Bonchev–Trinajstić information content (AvgIpc) is 3.18. The molecule has 1 aliphatic rings. The standard InChI is InChI=1S/C14H22N2O3S/c1-3-20(17,18)13-12(14(13,8-15)9-16)10-4-6-11(19-2)7-5-10/h4-7,12-13H,3,8-9,15-16H2,1-2H3/t12-,13-/m0/s1. The molecule has 1 aromatic carbocycles. The number of nitrogens with two attached hydrogens (primary N) is 2. The molecule has 0 aliphatic heterocycles. The highest BCUT2D eigenvalue weighted by atomic mass is 32.2. The van der Waals surface area contributed by atoms with E-state index in [2.05, 4.69) is 0 Å². The van der Waals surface area contributed by atoms with E-state index in [4.69, 9.17) is 16.2 Å². The van der Waals surface area contributed by atoms with Crippen molar-refractivity contribution < 1.29 is 13.2 Å². The molecule has 0 heterocycles. The third kappa shape index (κ3) is 2.21. The minimum Gasteiger partial charge on any atom is -0.497 e. The molecule has 1 aliphatic carbocycles. The third-order valence-electron chi connectivity index (χ3n) is 4.40. The number of hydrogen-bond donors (Lipinski definition) is 2. The van der Waals surface area contributed by atoms with Crippen molar-refractivity contribution in [2.75, 3.05) is 26.0 Å². The zero-order chi connectivity index (χ0) is 15.0. The van der Waals surface area contributed by atoms with Crippen LogP contribution in [0.3, 0.4) is 0 Å². The van der Waals surface area contributed by atoms with Crippen molar-refractivity contribution in [2.24, 2.45) is 16.9 Å². The van der Waals surface area contributed by atoms with Crippen molar-refractivity contribution in [2.45, 2.75) is 18.1 Å². The maximum Gasteiger partial charge on any atom is 0.154 e. The van der Waals surface area contributed by atoms with Gasteiger partial charge in [-0.05, 0) is 17.7 Å². The maximum atomic E-state index is 12.3. The van der Waals surface area contributed by atoms with Crippen molar-refractivity contribution in [1.82, 2.24) is 0 Å². The molecule has 5 nitrogen and oxygen atoms in total. The molecule has 6 heteroatoms. The van der Waals surface area contributed by atoms with E-state index in [1.807, 2.05) is 24.3 Å². The highest BCUT2D eigenvalue weighted by molar-refractivity contribution is 7.92.